The molecule has 1 saturated carbocycles. The fraction of sp³-hybridized carbons (Fsp3) is 0.600. The maximum absolute atomic E-state index is 9.53. The van der Waals surface area contributed by atoms with Crippen molar-refractivity contribution >= 4 is 0 Å². The van der Waals surface area contributed by atoms with Crippen LogP contribution in [0.4, 0.5) is 0 Å². The van der Waals surface area contributed by atoms with Crippen LogP contribution in [0.2, 0.25) is 0 Å². The van der Waals surface area contributed by atoms with Gasteiger partial charge in [0.2, 0.25) is 0 Å². The molecule has 1 aliphatic rings. The number of nitrogens with one attached hydrogen (secondary N) is 1. The number of hydrogen-bond acceptors (Lipinski definition) is 2. The van der Waals surface area contributed by atoms with Gasteiger partial charge in [0, 0.05) is 6.04 Å². The molecule has 2 rings (SSSR count). The summed E-state index contributed by atoms with van der Waals surface area (Å²) in [7, 11) is 0. The van der Waals surface area contributed by atoms with E-state index in [4.69, 9.17) is 0 Å². The van der Waals surface area contributed by atoms with E-state index < -0.39 is 0 Å². The summed E-state index contributed by atoms with van der Waals surface area (Å²) in [6.45, 7) is 2.49. The second-order valence-electron chi connectivity index (χ2n) is 5.18. The lowest BCUT2D eigenvalue weighted by molar-refractivity contribution is 0.197. The zero-order chi connectivity index (χ0) is 12.1. The number of rotatable bonds is 4. The van der Waals surface area contributed by atoms with Crippen LogP contribution in [0.5, 0.6) is 0 Å². The van der Waals surface area contributed by atoms with Gasteiger partial charge < -0.3 is 10.4 Å². The lowest BCUT2D eigenvalue weighted by atomic mass is 9.85. The highest BCUT2D eigenvalue weighted by atomic mass is 16.3. The molecule has 1 fully saturated rings. The van der Waals surface area contributed by atoms with Gasteiger partial charge in [-0.1, -0.05) is 50.1 Å². The lowest BCUT2D eigenvalue weighted by Gasteiger charge is -2.33. The summed E-state index contributed by atoms with van der Waals surface area (Å²) < 4.78 is 0. The normalized spacial score (nSPS) is 26.7. The maximum atomic E-state index is 9.53. The summed E-state index contributed by atoms with van der Waals surface area (Å²) >= 11 is 0. The molecule has 1 aromatic carbocycles. The van der Waals surface area contributed by atoms with E-state index in [0.717, 1.165) is 5.92 Å². The molecule has 0 aromatic heterocycles. The topological polar surface area (TPSA) is 32.3 Å². The number of benzene rings is 1. The molecule has 0 saturated heterocycles. The van der Waals surface area contributed by atoms with Gasteiger partial charge in [0.05, 0.1) is 12.6 Å². The molecule has 0 heterocycles. The first-order valence-electron chi connectivity index (χ1n) is 6.73. The third kappa shape index (κ3) is 3.30. The van der Waals surface area contributed by atoms with Crippen LogP contribution in [0.25, 0.3) is 0 Å². The Morgan fingerprint density at radius 1 is 1.24 bits per heavy atom. The van der Waals surface area contributed by atoms with E-state index in [1.807, 2.05) is 18.2 Å². The molecule has 0 radical (unpaired) electrons. The molecular weight excluding hydrogens is 210 g/mol. The summed E-state index contributed by atoms with van der Waals surface area (Å²) in [4.78, 5) is 0. The second-order valence-corrected chi connectivity index (χ2v) is 5.18. The molecular formula is C15H23NO. The number of aliphatic hydroxyl groups excluding tert-OH is 1. The predicted molar refractivity (Wildman–Crippen MR) is 70.8 cm³/mol. The first kappa shape index (κ1) is 12.6. The minimum atomic E-state index is 0.0850. The summed E-state index contributed by atoms with van der Waals surface area (Å²) in [5.41, 5.74) is 1.19. The molecule has 3 unspecified atom stereocenters. The van der Waals surface area contributed by atoms with Crippen molar-refractivity contribution in [3.05, 3.63) is 35.9 Å². The highest BCUT2D eigenvalue weighted by molar-refractivity contribution is 5.19. The molecule has 17 heavy (non-hydrogen) atoms. The van der Waals surface area contributed by atoms with E-state index in [1.54, 1.807) is 0 Å². The van der Waals surface area contributed by atoms with Crippen LogP contribution in [0.3, 0.4) is 0 Å². The average molecular weight is 233 g/mol. The van der Waals surface area contributed by atoms with Crippen molar-refractivity contribution in [2.75, 3.05) is 6.61 Å². The van der Waals surface area contributed by atoms with Crippen LogP contribution in [0.1, 0.15) is 44.2 Å². The molecule has 2 N–H and O–H groups in total. The van der Waals surface area contributed by atoms with Crippen molar-refractivity contribution in [1.29, 1.82) is 0 Å². The second kappa shape index (κ2) is 6.18. The highest BCUT2D eigenvalue weighted by Crippen LogP contribution is 2.26. The molecule has 0 aliphatic heterocycles. The van der Waals surface area contributed by atoms with E-state index in [2.05, 4.69) is 24.4 Å². The van der Waals surface area contributed by atoms with Gasteiger partial charge in [-0.3, -0.25) is 0 Å². The van der Waals surface area contributed by atoms with Crippen molar-refractivity contribution in [2.45, 2.75) is 44.7 Å². The SMILES string of the molecule is CC1CCCCC1NC(CO)c1ccccc1. The van der Waals surface area contributed by atoms with Crippen molar-refractivity contribution < 1.29 is 5.11 Å². The van der Waals surface area contributed by atoms with Gasteiger partial charge in [-0.25, -0.2) is 0 Å². The highest BCUT2D eigenvalue weighted by Gasteiger charge is 2.23. The van der Waals surface area contributed by atoms with Gasteiger partial charge >= 0.3 is 0 Å². The summed E-state index contributed by atoms with van der Waals surface area (Å²) in [6.07, 6.45) is 5.22. The third-order valence-corrected chi connectivity index (χ3v) is 3.91. The molecule has 0 spiro atoms. The van der Waals surface area contributed by atoms with Gasteiger partial charge in [0.15, 0.2) is 0 Å². The first-order chi connectivity index (χ1) is 8.31. The van der Waals surface area contributed by atoms with E-state index in [9.17, 15) is 5.11 Å². The van der Waals surface area contributed by atoms with E-state index >= 15 is 0 Å². The molecule has 2 heteroatoms. The smallest absolute Gasteiger partial charge is 0.0626 e. The van der Waals surface area contributed by atoms with E-state index in [1.165, 1.54) is 31.2 Å². The van der Waals surface area contributed by atoms with Crippen molar-refractivity contribution in [1.82, 2.24) is 5.32 Å². The fourth-order valence-electron chi connectivity index (χ4n) is 2.76. The largest absolute Gasteiger partial charge is 0.394 e. The summed E-state index contributed by atoms with van der Waals surface area (Å²) in [5.74, 6) is 0.724. The molecule has 0 amide bonds. The standard InChI is InChI=1S/C15H23NO/c1-12-7-5-6-10-14(12)16-15(11-17)13-8-3-2-4-9-13/h2-4,8-9,12,14-17H,5-7,10-11H2,1H3. The minimum absolute atomic E-state index is 0.0850. The summed E-state index contributed by atoms with van der Waals surface area (Å²) in [5, 5.41) is 13.2. The van der Waals surface area contributed by atoms with Crippen molar-refractivity contribution in [2.24, 2.45) is 5.92 Å². The molecule has 94 valence electrons. The van der Waals surface area contributed by atoms with Crippen LogP contribution in [0.15, 0.2) is 30.3 Å². The van der Waals surface area contributed by atoms with E-state index in [0.29, 0.717) is 6.04 Å². The minimum Gasteiger partial charge on any atom is -0.394 e. The number of hydrogen-bond donors (Lipinski definition) is 2. The zero-order valence-electron chi connectivity index (χ0n) is 10.6. The Morgan fingerprint density at radius 3 is 2.59 bits per heavy atom. The Labute approximate surface area is 104 Å². The van der Waals surface area contributed by atoms with Crippen molar-refractivity contribution in [3.63, 3.8) is 0 Å². The van der Waals surface area contributed by atoms with Crippen LogP contribution in [-0.4, -0.2) is 17.8 Å². The fourth-order valence-corrected chi connectivity index (χ4v) is 2.76. The first-order valence-corrected chi connectivity index (χ1v) is 6.73. The van der Waals surface area contributed by atoms with Crippen molar-refractivity contribution in [3.8, 4) is 0 Å². The van der Waals surface area contributed by atoms with E-state index in [-0.39, 0.29) is 12.6 Å². The molecule has 2 nitrogen and oxygen atoms in total. The Bertz CT molecular complexity index is 325. The Morgan fingerprint density at radius 2 is 1.94 bits per heavy atom. The third-order valence-electron chi connectivity index (χ3n) is 3.91. The van der Waals surface area contributed by atoms with Gasteiger partial charge in [0.1, 0.15) is 0 Å². The average Bonchev–Trinajstić information content (AvgIpc) is 2.39. The maximum Gasteiger partial charge on any atom is 0.0626 e. The van der Waals surface area contributed by atoms with Gasteiger partial charge in [-0.15, -0.1) is 0 Å². The van der Waals surface area contributed by atoms with Gasteiger partial charge in [-0.05, 0) is 24.3 Å². The van der Waals surface area contributed by atoms with Crippen LogP contribution in [0, 0.1) is 5.92 Å². The molecule has 3 atom stereocenters. The van der Waals surface area contributed by atoms with Gasteiger partial charge in [-0.2, -0.15) is 0 Å². The lowest BCUT2D eigenvalue weighted by Crippen LogP contribution is -2.40. The quantitative estimate of drug-likeness (QED) is 0.838. The predicted octanol–water partition coefficient (Wildman–Crippen LogP) is 2.89. The monoisotopic (exact) mass is 233 g/mol. The molecule has 1 aromatic rings. The molecule has 0 bridgehead atoms. The molecule has 1 aliphatic carbocycles. The number of aliphatic hydroxyl groups is 1. The Balaban J connectivity index is 1.99. The van der Waals surface area contributed by atoms with Crippen LogP contribution < -0.4 is 5.32 Å². The zero-order valence-corrected chi connectivity index (χ0v) is 10.6. The van der Waals surface area contributed by atoms with Gasteiger partial charge in [0.25, 0.3) is 0 Å². The Hall–Kier alpha value is -0.860. The van der Waals surface area contributed by atoms with Crippen LogP contribution >= 0.6 is 0 Å². The Kier molecular flexibility index (Phi) is 4.57. The van der Waals surface area contributed by atoms with Crippen LogP contribution in [-0.2, 0) is 0 Å². The summed E-state index contributed by atoms with van der Waals surface area (Å²) in [6, 6.07) is 10.9.